The average Bonchev–Trinajstić information content (AvgIpc) is 2.58. The second-order valence-corrected chi connectivity index (χ2v) is 6.97. The van der Waals surface area contributed by atoms with Gasteiger partial charge in [0.25, 0.3) is 0 Å². The molecule has 0 spiro atoms. The van der Waals surface area contributed by atoms with Gasteiger partial charge in [-0.25, -0.2) is 0 Å². The van der Waals surface area contributed by atoms with Gasteiger partial charge in [0, 0.05) is 18.3 Å². The monoisotopic (exact) mass is 482 g/mol. The molecule has 0 radical (unpaired) electrons. The van der Waals surface area contributed by atoms with E-state index < -0.39 is 5.92 Å². The van der Waals surface area contributed by atoms with Gasteiger partial charge in [-0.2, -0.15) is 8.78 Å². The molecule has 19 heavy (non-hydrogen) atoms. The first-order valence-electron chi connectivity index (χ1n) is 5.83. The van der Waals surface area contributed by atoms with Gasteiger partial charge in [0.05, 0.1) is 0 Å². The van der Waals surface area contributed by atoms with Crippen LogP contribution in [0.15, 0.2) is 24.3 Å². The zero-order valence-corrected chi connectivity index (χ0v) is 14.6. The lowest BCUT2D eigenvalue weighted by Gasteiger charge is -2.16. The Kier molecular flexibility index (Phi) is 3.16. The van der Waals surface area contributed by atoms with E-state index in [1.165, 1.54) is 0 Å². The molecule has 0 atom stereocenters. The van der Waals surface area contributed by atoms with Gasteiger partial charge in [0.2, 0.25) is 0 Å². The van der Waals surface area contributed by atoms with Crippen LogP contribution in [-0.2, 0) is 5.92 Å². The van der Waals surface area contributed by atoms with Crippen LogP contribution in [0.5, 0.6) is 0 Å². The molecule has 0 amide bonds. The van der Waals surface area contributed by atoms with Crippen LogP contribution in [-0.4, -0.2) is 0 Å². The summed E-state index contributed by atoms with van der Waals surface area (Å²) < 4.78 is 30.9. The van der Waals surface area contributed by atoms with Gasteiger partial charge in [-0.1, -0.05) is 24.3 Å². The van der Waals surface area contributed by atoms with E-state index in [9.17, 15) is 8.78 Å². The highest BCUT2D eigenvalue weighted by Crippen LogP contribution is 2.54. The smallest absolute Gasteiger partial charge is 0.196 e. The van der Waals surface area contributed by atoms with E-state index in [-0.39, 0.29) is 11.1 Å². The maximum atomic E-state index is 14.8. The van der Waals surface area contributed by atoms with Crippen molar-refractivity contribution in [2.24, 2.45) is 0 Å². The molecule has 0 saturated carbocycles. The molecule has 98 valence electrons. The molecule has 0 N–H and O–H groups in total. The second-order valence-electron chi connectivity index (χ2n) is 4.81. The predicted molar refractivity (Wildman–Crippen MR) is 89.8 cm³/mol. The molecular weight excluding hydrogens is 472 g/mol. The second kappa shape index (κ2) is 4.38. The maximum Gasteiger partial charge on any atom is 0.301 e. The van der Waals surface area contributed by atoms with E-state index in [0.29, 0.717) is 18.3 Å². The number of alkyl halides is 2. The molecule has 0 nitrogen and oxygen atoms in total. The Morgan fingerprint density at radius 2 is 1.16 bits per heavy atom. The summed E-state index contributed by atoms with van der Waals surface area (Å²) in [6.07, 6.45) is 0. The molecule has 0 heterocycles. The van der Waals surface area contributed by atoms with Crippen molar-refractivity contribution in [3.63, 3.8) is 0 Å². The molecule has 1 aliphatic carbocycles. The fraction of sp³-hybridized carbons (Fsp3) is 0.200. The van der Waals surface area contributed by atoms with Crippen LogP contribution in [0, 0.1) is 21.0 Å². The van der Waals surface area contributed by atoms with Crippen molar-refractivity contribution < 1.29 is 8.78 Å². The van der Waals surface area contributed by atoms with Gasteiger partial charge in [0.1, 0.15) is 0 Å². The van der Waals surface area contributed by atoms with Crippen LogP contribution in [0.25, 0.3) is 11.1 Å². The average molecular weight is 482 g/mol. The van der Waals surface area contributed by atoms with Crippen LogP contribution in [0.4, 0.5) is 8.78 Å². The number of benzene rings is 2. The highest BCUT2D eigenvalue weighted by atomic mass is 127. The molecule has 0 aromatic heterocycles. The molecule has 0 aliphatic heterocycles. The summed E-state index contributed by atoms with van der Waals surface area (Å²) in [6, 6.07) is 7.47. The Hall–Kier alpha value is -0.240. The molecular formula is C15H10F2I2. The molecule has 3 rings (SSSR count). The summed E-state index contributed by atoms with van der Waals surface area (Å²) in [5, 5.41) is 0. The highest BCUT2D eigenvalue weighted by molar-refractivity contribution is 14.1. The highest BCUT2D eigenvalue weighted by Gasteiger charge is 2.47. The summed E-state index contributed by atoms with van der Waals surface area (Å²) in [5.41, 5.74) is 3.50. The van der Waals surface area contributed by atoms with Crippen LogP contribution in [0.3, 0.4) is 0 Å². The summed E-state index contributed by atoms with van der Waals surface area (Å²) >= 11 is 4.06. The molecule has 1 aliphatic rings. The van der Waals surface area contributed by atoms with Gasteiger partial charge < -0.3 is 0 Å². The first kappa shape index (κ1) is 13.7. The van der Waals surface area contributed by atoms with Crippen molar-refractivity contribution in [3.8, 4) is 11.1 Å². The Morgan fingerprint density at radius 1 is 0.789 bits per heavy atom. The van der Waals surface area contributed by atoms with E-state index in [2.05, 4.69) is 0 Å². The third-order valence-electron chi connectivity index (χ3n) is 3.59. The lowest BCUT2D eigenvalue weighted by Crippen LogP contribution is -2.15. The third kappa shape index (κ3) is 1.78. The summed E-state index contributed by atoms with van der Waals surface area (Å²) in [5.74, 6) is -2.89. The van der Waals surface area contributed by atoms with E-state index in [0.717, 1.165) is 11.1 Å². The van der Waals surface area contributed by atoms with Crippen LogP contribution < -0.4 is 0 Å². The summed E-state index contributed by atoms with van der Waals surface area (Å²) in [6.45, 7) is 3.74. The first-order valence-corrected chi connectivity index (χ1v) is 7.98. The molecule has 2 aromatic carbocycles. The van der Waals surface area contributed by atoms with Gasteiger partial charge in [0.15, 0.2) is 0 Å². The normalized spacial score (nSPS) is 15.3. The topological polar surface area (TPSA) is 0 Å². The number of hydrogen-bond acceptors (Lipinski definition) is 0. The Morgan fingerprint density at radius 3 is 1.53 bits per heavy atom. The molecule has 4 heteroatoms. The largest absolute Gasteiger partial charge is 0.301 e. The zero-order valence-electron chi connectivity index (χ0n) is 10.3. The Labute approximate surface area is 137 Å². The van der Waals surface area contributed by atoms with Gasteiger partial charge >= 0.3 is 5.92 Å². The Balaban J connectivity index is 2.46. The van der Waals surface area contributed by atoms with Crippen molar-refractivity contribution in [2.75, 3.05) is 0 Å². The van der Waals surface area contributed by atoms with Crippen molar-refractivity contribution in [1.29, 1.82) is 0 Å². The minimum absolute atomic E-state index is 0.173. The van der Waals surface area contributed by atoms with Crippen molar-refractivity contribution in [1.82, 2.24) is 0 Å². The van der Waals surface area contributed by atoms with Crippen LogP contribution in [0.1, 0.15) is 22.3 Å². The molecule has 0 bridgehead atoms. The number of rotatable bonds is 0. The predicted octanol–water partition coefficient (Wildman–Crippen LogP) is 5.63. The summed E-state index contributed by atoms with van der Waals surface area (Å²) in [4.78, 5) is 0. The third-order valence-corrected chi connectivity index (χ3v) is 6.37. The lowest BCUT2D eigenvalue weighted by atomic mass is 10.0. The fourth-order valence-electron chi connectivity index (χ4n) is 2.55. The van der Waals surface area contributed by atoms with Crippen molar-refractivity contribution in [3.05, 3.63) is 53.7 Å². The van der Waals surface area contributed by atoms with Crippen molar-refractivity contribution in [2.45, 2.75) is 19.8 Å². The van der Waals surface area contributed by atoms with Crippen LogP contribution in [0.2, 0.25) is 0 Å². The number of aryl methyl sites for hydroxylation is 2. The quantitative estimate of drug-likeness (QED) is 0.427. The van der Waals surface area contributed by atoms with Gasteiger partial charge in [-0.15, -0.1) is 0 Å². The molecule has 2 aromatic rings. The SMILES string of the molecule is Cc1ccc2c(c1I)C(F)(F)c1c-2ccc(C)c1I. The fourth-order valence-corrected chi connectivity index (χ4v) is 4.17. The zero-order chi connectivity index (χ0) is 13.9. The number of halogens is 4. The summed E-state index contributed by atoms with van der Waals surface area (Å²) in [7, 11) is 0. The molecule has 0 saturated heterocycles. The van der Waals surface area contributed by atoms with Crippen molar-refractivity contribution >= 4 is 45.2 Å². The molecule has 0 fully saturated rings. The van der Waals surface area contributed by atoms with Gasteiger partial charge in [-0.05, 0) is 81.3 Å². The van der Waals surface area contributed by atoms with Crippen LogP contribution >= 0.6 is 45.2 Å². The van der Waals surface area contributed by atoms with E-state index in [1.54, 1.807) is 0 Å². The minimum atomic E-state index is -2.89. The van der Waals surface area contributed by atoms with E-state index in [1.807, 2.05) is 83.3 Å². The minimum Gasteiger partial charge on any atom is -0.196 e. The van der Waals surface area contributed by atoms with Gasteiger partial charge in [-0.3, -0.25) is 0 Å². The van der Waals surface area contributed by atoms with E-state index >= 15 is 0 Å². The Bertz CT molecular complexity index is 646. The van der Waals surface area contributed by atoms with E-state index in [4.69, 9.17) is 0 Å². The number of hydrogen-bond donors (Lipinski definition) is 0. The maximum absolute atomic E-state index is 14.8. The first-order chi connectivity index (χ1) is 8.85. The lowest BCUT2D eigenvalue weighted by molar-refractivity contribution is 0.0461. The number of fused-ring (bicyclic) bond motifs is 3. The standard InChI is InChI=1S/C15H10F2I2/c1-7-3-5-9-10-6-4-8(2)14(19)12(10)15(16,17)11(9)13(7)18/h3-6H,1-2H3. The molecule has 0 unspecified atom stereocenters.